The molecule has 0 radical (unpaired) electrons. The fourth-order valence-electron chi connectivity index (χ4n) is 3.01. The van der Waals surface area contributed by atoms with Crippen LogP contribution in [0.4, 0.5) is 5.82 Å². The van der Waals surface area contributed by atoms with Crippen LogP contribution in [0.3, 0.4) is 0 Å². The number of anilines is 1. The number of nitrogens with one attached hydrogen (secondary N) is 2. The average molecular weight is 344 g/mol. The molecule has 0 aromatic carbocycles. The van der Waals surface area contributed by atoms with Crippen LogP contribution in [0.15, 0.2) is 12.4 Å². The number of hydrogen-bond acceptors (Lipinski definition) is 6. The molecule has 2 aromatic heterocycles. The first-order valence-electron chi connectivity index (χ1n) is 9.09. The zero-order valence-electron chi connectivity index (χ0n) is 15.4. The van der Waals surface area contributed by atoms with Crippen molar-refractivity contribution in [3.05, 3.63) is 35.0 Å². The summed E-state index contributed by atoms with van der Waals surface area (Å²) in [5.41, 5.74) is 3.54. The predicted molar refractivity (Wildman–Crippen MR) is 97.8 cm³/mol. The van der Waals surface area contributed by atoms with Crippen molar-refractivity contribution in [2.75, 3.05) is 31.6 Å². The van der Waals surface area contributed by atoms with Gasteiger partial charge in [-0.1, -0.05) is 0 Å². The lowest BCUT2D eigenvalue weighted by atomic mass is 10.1. The van der Waals surface area contributed by atoms with Gasteiger partial charge in [0.25, 0.3) is 0 Å². The first-order chi connectivity index (χ1) is 12.2. The van der Waals surface area contributed by atoms with E-state index in [4.69, 9.17) is 14.7 Å². The summed E-state index contributed by atoms with van der Waals surface area (Å²) in [5, 5.41) is 11.4. The van der Waals surface area contributed by atoms with Gasteiger partial charge in [-0.2, -0.15) is 5.10 Å². The second kappa shape index (κ2) is 8.40. The molecule has 1 aliphatic rings. The number of ether oxygens (including phenoxy) is 1. The summed E-state index contributed by atoms with van der Waals surface area (Å²) in [7, 11) is 0. The lowest BCUT2D eigenvalue weighted by Gasteiger charge is -2.18. The summed E-state index contributed by atoms with van der Waals surface area (Å²) in [6.45, 7) is 10.0. The molecular weight excluding hydrogens is 316 g/mol. The standard InChI is InChI=1S/C18H28N6O/c1-4-25-12-17-22-16-6-8-19-7-5-15(16)18(23-17)20-10-14(3)24-11-13(2)9-21-24/h9,11,14,19H,4-8,10,12H2,1-3H3,(H,20,22,23). The van der Waals surface area contributed by atoms with Crippen LogP contribution in [0.2, 0.25) is 0 Å². The van der Waals surface area contributed by atoms with Gasteiger partial charge in [0.05, 0.1) is 17.9 Å². The maximum atomic E-state index is 5.51. The molecule has 0 aliphatic carbocycles. The third-order valence-corrected chi connectivity index (χ3v) is 4.41. The normalized spacial score (nSPS) is 15.5. The Morgan fingerprint density at radius 2 is 2.16 bits per heavy atom. The Labute approximate surface area is 149 Å². The van der Waals surface area contributed by atoms with Crippen molar-refractivity contribution in [2.45, 2.75) is 46.3 Å². The molecule has 0 spiro atoms. The molecule has 1 unspecified atom stereocenters. The Bertz CT molecular complexity index is 699. The molecule has 25 heavy (non-hydrogen) atoms. The van der Waals surface area contributed by atoms with Gasteiger partial charge in [-0.25, -0.2) is 9.97 Å². The Hall–Kier alpha value is -1.99. The van der Waals surface area contributed by atoms with E-state index in [1.54, 1.807) is 0 Å². The van der Waals surface area contributed by atoms with Crippen LogP contribution in [0.25, 0.3) is 0 Å². The summed E-state index contributed by atoms with van der Waals surface area (Å²) >= 11 is 0. The van der Waals surface area contributed by atoms with Crippen LogP contribution in [0.5, 0.6) is 0 Å². The highest BCUT2D eigenvalue weighted by Crippen LogP contribution is 2.21. The second-order valence-electron chi connectivity index (χ2n) is 6.53. The minimum atomic E-state index is 0.249. The summed E-state index contributed by atoms with van der Waals surface area (Å²) in [6, 6.07) is 0.249. The van der Waals surface area contributed by atoms with E-state index in [9.17, 15) is 0 Å². The first kappa shape index (κ1) is 17.8. The van der Waals surface area contributed by atoms with Gasteiger partial charge < -0.3 is 15.4 Å². The quantitative estimate of drug-likeness (QED) is 0.799. The molecule has 2 N–H and O–H groups in total. The lowest BCUT2D eigenvalue weighted by molar-refractivity contribution is 0.128. The van der Waals surface area contributed by atoms with Gasteiger partial charge in [0, 0.05) is 37.9 Å². The molecule has 0 amide bonds. The van der Waals surface area contributed by atoms with Gasteiger partial charge in [-0.3, -0.25) is 4.68 Å². The van der Waals surface area contributed by atoms with E-state index in [0.29, 0.717) is 13.2 Å². The number of rotatable bonds is 7. The summed E-state index contributed by atoms with van der Waals surface area (Å²) < 4.78 is 7.50. The van der Waals surface area contributed by atoms with Crippen LogP contribution in [-0.4, -0.2) is 46.0 Å². The largest absolute Gasteiger partial charge is 0.374 e. The molecular formula is C18H28N6O. The molecule has 2 aromatic rings. The van der Waals surface area contributed by atoms with Gasteiger partial charge in [-0.05, 0) is 39.3 Å². The molecule has 1 atom stereocenters. The molecule has 3 rings (SSSR count). The monoisotopic (exact) mass is 344 g/mol. The van der Waals surface area contributed by atoms with Gasteiger partial charge in [0.15, 0.2) is 5.82 Å². The Balaban J connectivity index is 1.78. The highest BCUT2D eigenvalue weighted by molar-refractivity contribution is 5.47. The Kier molecular flexibility index (Phi) is 5.99. The van der Waals surface area contributed by atoms with E-state index in [1.165, 1.54) is 11.1 Å². The van der Waals surface area contributed by atoms with Crippen molar-refractivity contribution in [3.8, 4) is 0 Å². The SMILES string of the molecule is CCOCc1nc2c(c(NCC(C)n3cc(C)cn3)n1)CCNCC2. The van der Waals surface area contributed by atoms with E-state index >= 15 is 0 Å². The third kappa shape index (κ3) is 4.55. The molecule has 1 aliphatic heterocycles. The van der Waals surface area contributed by atoms with Gasteiger partial charge >= 0.3 is 0 Å². The van der Waals surface area contributed by atoms with E-state index in [0.717, 1.165) is 49.8 Å². The van der Waals surface area contributed by atoms with Gasteiger partial charge in [-0.15, -0.1) is 0 Å². The van der Waals surface area contributed by atoms with Gasteiger partial charge in [0.2, 0.25) is 0 Å². The van der Waals surface area contributed by atoms with Crippen molar-refractivity contribution in [1.82, 2.24) is 25.1 Å². The molecule has 0 saturated heterocycles. The number of nitrogens with zero attached hydrogens (tertiary/aromatic N) is 4. The van der Waals surface area contributed by atoms with Crippen LogP contribution in [0.1, 0.15) is 42.5 Å². The average Bonchev–Trinajstić information content (AvgIpc) is 2.91. The zero-order valence-corrected chi connectivity index (χ0v) is 15.4. The van der Waals surface area contributed by atoms with Crippen molar-refractivity contribution in [2.24, 2.45) is 0 Å². The van der Waals surface area contributed by atoms with Crippen molar-refractivity contribution >= 4 is 5.82 Å². The van der Waals surface area contributed by atoms with Crippen LogP contribution < -0.4 is 10.6 Å². The highest BCUT2D eigenvalue weighted by Gasteiger charge is 2.17. The van der Waals surface area contributed by atoms with E-state index in [2.05, 4.69) is 35.8 Å². The van der Waals surface area contributed by atoms with Crippen LogP contribution in [-0.2, 0) is 24.2 Å². The fraction of sp³-hybridized carbons (Fsp3) is 0.611. The van der Waals surface area contributed by atoms with Crippen molar-refractivity contribution in [1.29, 1.82) is 0 Å². The molecule has 7 heteroatoms. The van der Waals surface area contributed by atoms with Crippen LogP contribution >= 0.6 is 0 Å². The van der Waals surface area contributed by atoms with E-state index in [1.807, 2.05) is 17.8 Å². The topological polar surface area (TPSA) is 76.9 Å². The maximum absolute atomic E-state index is 5.51. The minimum absolute atomic E-state index is 0.249. The van der Waals surface area contributed by atoms with E-state index < -0.39 is 0 Å². The van der Waals surface area contributed by atoms with E-state index in [-0.39, 0.29) is 6.04 Å². The Morgan fingerprint density at radius 1 is 1.32 bits per heavy atom. The smallest absolute Gasteiger partial charge is 0.156 e. The lowest BCUT2D eigenvalue weighted by Crippen LogP contribution is -2.20. The number of aromatic nitrogens is 4. The fourth-order valence-corrected chi connectivity index (χ4v) is 3.01. The van der Waals surface area contributed by atoms with Crippen LogP contribution in [0, 0.1) is 6.92 Å². The zero-order chi connectivity index (χ0) is 17.6. The molecule has 7 nitrogen and oxygen atoms in total. The van der Waals surface area contributed by atoms with Crippen molar-refractivity contribution in [3.63, 3.8) is 0 Å². The van der Waals surface area contributed by atoms with Gasteiger partial charge in [0.1, 0.15) is 12.4 Å². The number of fused-ring (bicyclic) bond motifs is 1. The number of hydrogen-bond donors (Lipinski definition) is 2. The molecule has 0 bridgehead atoms. The Morgan fingerprint density at radius 3 is 2.92 bits per heavy atom. The van der Waals surface area contributed by atoms with Crippen molar-refractivity contribution < 1.29 is 4.74 Å². The third-order valence-electron chi connectivity index (χ3n) is 4.41. The molecule has 0 fully saturated rings. The molecule has 3 heterocycles. The molecule has 0 saturated carbocycles. The second-order valence-corrected chi connectivity index (χ2v) is 6.53. The highest BCUT2D eigenvalue weighted by atomic mass is 16.5. The summed E-state index contributed by atoms with van der Waals surface area (Å²) in [4.78, 5) is 9.46. The predicted octanol–water partition coefficient (Wildman–Crippen LogP) is 1.88. The summed E-state index contributed by atoms with van der Waals surface area (Å²) in [5.74, 6) is 1.70. The first-order valence-corrected chi connectivity index (χ1v) is 9.09. The molecule has 136 valence electrons. The minimum Gasteiger partial charge on any atom is -0.374 e. The number of aryl methyl sites for hydroxylation is 1. The maximum Gasteiger partial charge on any atom is 0.156 e. The summed E-state index contributed by atoms with van der Waals surface area (Å²) in [6.07, 6.45) is 5.83.